The van der Waals surface area contributed by atoms with Gasteiger partial charge < -0.3 is 4.57 Å². The molecule has 1 unspecified atom stereocenters. The fourth-order valence-corrected chi connectivity index (χ4v) is 4.91. The van der Waals surface area contributed by atoms with E-state index in [0.717, 1.165) is 62.7 Å². The molecule has 2 aromatic rings. The van der Waals surface area contributed by atoms with Gasteiger partial charge in [-0.1, -0.05) is 0 Å². The molecular weight excluding hydrogens is 340 g/mol. The van der Waals surface area contributed by atoms with Gasteiger partial charge in [0.2, 0.25) is 0 Å². The van der Waals surface area contributed by atoms with Gasteiger partial charge in [0.15, 0.2) is 0 Å². The van der Waals surface area contributed by atoms with E-state index in [9.17, 15) is 4.79 Å². The molecule has 5 rings (SSSR count). The summed E-state index contributed by atoms with van der Waals surface area (Å²) < 4.78 is 4.02. The van der Waals surface area contributed by atoms with Gasteiger partial charge in [-0.15, -0.1) is 10.2 Å². The van der Waals surface area contributed by atoms with Gasteiger partial charge in [-0.05, 0) is 63.5 Å². The first-order chi connectivity index (χ1) is 13.3. The van der Waals surface area contributed by atoms with Crippen molar-refractivity contribution in [3.05, 3.63) is 39.3 Å². The first-order valence-electron chi connectivity index (χ1n) is 10.5. The number of aryl methyl sites for hydroxylation is 3. The average molecular weight is 368 g/mol. The van der Waals surface area contributed by atoms with Gasteiger partial charge in [0.25, 0.3) is 5.56 Å². The van der Waals surface area contributed by atoms with Gasteiger partial charge in [0.1, 0.15) is 11.6 Å². The molecule has 144 valence electrons. The van der Waals surface area contributed by atoms with Crippen molar-refractivity contribution in [2.75, 3.05) is 6.54 Å². The second-order valence-electron chi connectivity index (χ2n) is 8.25. The summed E-state index contributed by atoms with van der Waals surface area (Å²) >= 11 is 0. The van der Waals surface area contributed by atoms with Gasteiger partial charge in [-0.25, -0.2) is 4.68 Å². The van der Waals surface area contributed by atoms with Crippen molar-refractivity contribution >= 4 is 0 Å². The van der Waals surface area contributed by atoms with E-state index in [2.05, 4.69) is 19.7 Å². The minimum absolute atomic E-state index is 0.0577. The van der Waals surface area contributed by atoms with E-state index in [1.807, 2.05) is 6.07 Å². The molecule has 4 heterocycles. The molecule has 0 bridgehead atoms. The van der Waals surface area contributed by atoms with E-state index < -0.39 is 0 Å². The van der Waals surface area contributed by atoms with Crippen LogP contribution in [0.3, 0.4) is 0 Å². The number of aromatic nitrogens is 5. The summed E-state index contributed by atoms with van der Waals surface area (Å²) in [5.74, 6) is 2.22. The van der Waals surface area contributed by atoms with Crippen molar-refractivity contribution in [1.82, 2.24) is 29.4 Å². The molecule has 27 heavy (non-hydrogen) atoms. The lowest BCUT2D eigenvalue weighted by atomic mass is 9.97. The summed E-state index contributed by atoms with van der Waals surface area (Å²) in [5, 5.41) is 13.6. The second kappa shape index (κ2) is 7.19. The van der Waals surface area contributed by atoms with Crippen LogP contribution in [-0.4, -0.2) is 42.0 Å². The monoisotopic (exact) mass is 368 g/mol. The molecule has 0 saturated carbocycles. The standard InChI is InChI=1S/C20H28N6O/c27-20-12-15-6-1-2-8-17(15)23-26(20)13-16-7-5-10-24(16)14-19-22-21-18-9-3-4-11-25(18)19/h12,16H,1-11,13-14H2. The summed E-state index contributed by atoms with van der Waals surface area (Å²) in [6.07, 6.45) is 10.2. The molecule has 1 aliphatic carbocycles. The summed E-state index contributed by atoms with van der Waals surface area (Å²) in [6, 6.07) is 2.18. The highest BCUT2D eigenvalue weighted by molar-refractivity contribution is 5.20. The van der Waals surface area contributed by atoms with Gasteiger partial charge in [-0.2, -0.15) is 5.10 Å². The number of hydrogen-bond acceptors (Lipinski definition) is 5. The third-order valence-corrected chi connectivity index (χ3v) is 6.44. The largest absolute Gasteiger partial charge is 0.314 e. The molecule has 0 aromatic carbocycles. The maximum Gasteiger partial charge on any atom is 0.267 e. The number of fused-ring (bicyclic) bond motifs is 2. The van der Waals surface area contributed by atoms with Crippen molar-refractivity contribution in [2.24, 2.45) is 0 Å². The fourth-order valence-electron chi connectivity index (χ4n) is 4.91. The lowest BCUT2D eigenvalue weighted by Gasteiger charge is -2.25. The van der Waals surface area contributed by atoms with Crippen molar-refractivity contribution in [1.29, 1.82) is 0 Å². The molecule has 7 heteroatoms. The van der Waals surface area contributed by atoms with Crippen LogP contribution in [0.2, 0.25) is 0 Å². The van der Waals surface area contributed by atoms with Gasteiger partial charge in [0, 0.05) is 25.1 Å². The Labute approximate surface area is 159 Å². The molecule has 0 N–H and O–H groups in total. The smallest absolute Gasteiger partial charge is 0.267 e. The van der Waals surface area contributed by atoms with Crippen LogP contribution in [0.4, 0.5) is 0 Å². The van der Waals surface area contributed by atoms with E-state index in [0.29, 0.717) is 12.6 Å². The lowest BCUT2D eigenvalue weighted by Crippen LogP contribution is -2.38. The van der Waals surface area contributed by atoms with E-state index in [1.54, 1.807) is 4.68 Å². The Morgan fingerprint density at radius 3 is 2.85 bits per heavy atom. The fraction of sp³-hybridized carbons (Fsp3) is 0.700. The maximum atomic E-state index is 12.5. The van der Waals surface area contributed by atoms with Crippen molar-refractivity contribution in [3.63, 3.8) is 0 Å². The summed E-state index contributed by atoms with van der Waals surface area (Å²) in [6.45, 7) is 3.62. The molecule has 0 radical (unpaired) electrons. The maximum absolute atomic E-state index is 12.5. The topological polar surface area (TPSA) is 68.8 Å². The van der Waals surface area contributed by atoms with E-state index in [-0.39, 0.29) is 5.56 Å². The molecule has 0 spiro atoms. The predicted molar refractivity (Wildman–Crippen MR) is 102 cm³/mol. The van der Waals surface area contributed by atoms with Gasteiger partial charge >= 0.3 is 0 Å². The number of rotatable bonds is 4. The summed E-state index contributed by atoms with van der Waals surface area (Å²) in [5.41, 5.74) is 2.36. The Balaban J connectivity index is 1.33. The van der Waals surface area contributed by atoms with Crippen LogP contribution >= 0.6 is 0 Å². The molecule has 2 aliphatic heterocycles. The van der Waals surface area contributed by atoms with Crippen LogP contribution in [0.25, 0.3) is 0 Å². The highest BCUT2D eigenvalue weighted by Crippen LogP contribution is 2.23. The zero-order valence-electron chi connectivity index (χ0n) is 15.9. The summed E-state index contributed by atoms with van der Waals surface area (Å²) in [4.78, 5) is 15.0. The van der Waals surface area contributed by atoms with Crippen molar-refractivity contribution in [2.45, 2.75) is 83.5 Å². The molecule has 0 amide bonds. The number of likely N-dealkylation sites (tertiary alicyclic amines) is 1. The van der Waals surface area contributed by atoms with Gasteiger partial charge in [-0.3, -0.25) is 9.69 Å². The normalized spacial score (nSPS) is 22.6. The summed E-state index contributed by atoms with van der Waals surface area (Å²) in [7, 11) is 0. The Morgan fingerprint density at radius 2 is 1.89 bits per heavy atom. The van der Waals surface area contributed by atoms with Crippen LogP contribution in [0.1, 0.15) is 61.4 Å². The second-order valence-corrected chi connectivity index (χ2v) is 8.25. The Morgan fingerprint density at radius 1 is 1.00 bits per heavy atom. The number of nitrogens with zero attached hydrogens (tertiary/aromatic N) is 6. The van der Waals surface area contributed by atoms with Crippen molar-refractivity contribution < 1.29 is 0 Å². The molecule has 3 aliphatic rings. The first kappa shape index (κ1) is 17.1. The van der Waals surface area contributed by atoms with E-state index >= 15 is 0 Å². The van der Waals surface area contributed by atoms with Crippen molar-refractivity contribution in [3.8, 4) is 0 Å². The first-order valence-corrected chi connectivity index (χ1v) is 10.5. The van der Waals surface area contributed by atoms with Crippen LogP contribution in [-0.2, 0) is 38.9 Å². The van der Waals surface area contributed by atoms with Crippen LogP contribution in [0.5, 0.6) is 0 Å². The van der Waals surface area contributed by atoms with E-state index in [4.69, 9.17) is 5.10 Å². The zero-order chi connectivity index (χ0) is 18.2. The third-order valence-electron chi connectivity index (χ3n) is 6.44. The Bertz CT molecular complexity index is 885. The van der Waals surface area contributed by atoms with Gasteiger partial charge in [0.05, 0.1) is 18.8 Å². The SMILES string of the molecule is O=c1cc2c(nn1CC1CCCN1Cc1nnc3n1CCCC3)CCCC2. The average Bonchev–Trinajstić information content (AvgIpc) is 3.30. The quantitative estimate of drug-likeness (QED) is 0.822. The van der Waals surface area contributed by atoms with E-state index in [1.165, 1.54) is 37.7 Å². The molecule has 2 aromatic heterocycles. The highest BCUT2D eigenvalue weighted by Gasteiger charge is 2.28. The van der Waals surface area contributed by atoms with Crippen LogP contribution in [0.15, 0.2) is 10.9 Å². The predicted octanol–water partition coefficient (Wildman–Crippen LogP) is 1.71. The molecule has 1 atom stereocenters. The van der Waals surface area contributed by atoms with Crippen LogP contribution < -0.4 is 5.56 Å². The van der Waals surface area contributed by atoms with Crippen LogP contribution in [0, 0.1) is 0 Å². The lowest BCUT2D eigenvalue weighted by molar-refractivity contribution is 0.207. The molecule has 7 nitrogen and oxygen atoms in total. The zero-order valence-corrected chi connectivity index (χ0v) is 15.9. The third kappa shape index (κ3) is 3.33. The minimum Gasteiger partial charge on any atom is -0.314 e. The molecule has 1 fully saturated rings. The molecule has 1 saturated heterocycles. The Hall–Kier alpha value is -2.02. The Kier molecular flexibility index (Phi) is 4.55. The molecular formula is C20H28N6O. The number of hydrogen-bond donors (Lipinski definition) is 0. The highest BCUT2D eigenvalue weighted by atomic mass is 16.1. The minimum atomic E-state index is 0.0577.